The van der Waals surface area contributed by atoms with Crippen molar-refractivity contribution in [3.05, 3.63) is 83.3 Å². The van der Waals surface area contributed by atoms with Gasteiger partial charge in [0.1, 0.15) is 17.3 Å². The molecule has 1 aliphatic rings. The van der Waals surface area contributed by atoms with Gasteiger partial charge in [-0.1, -0.05) is 26.3 Å². The summed E-state index contributed by atoms with van der Waals surface area (Å²) in [5, 5.41) is 11.3. The number of hydrogen-bond acceptors (Lipinski definition) is 7. The average molecular weight is 520 g/mol. The molecule has 200 valence electrons. The standard InChI is InChI=1S/C30H33NO7/c1-4-6-16-38-24-14-11-21(18-25(24)35-3)27-26(28(32)20-9-12-22(13-10-20)36-15-5-2)29(33)30(34)31(27)19-23-8-7-17-37-23/h7-14,17-18,27,32H,4-6,15-16,19H2,1-3H3/t27-/m0/s1. The van der Waals surface area contributed by atoms with Crippen molar-refractivity contribution in [1.29, 1.82) is 0 Å². The molecule has 0 radical (unpaired) electrons. The second-order valence-corrected chi connectivity index (χ2v) is 8.99. The number of aliphatic hydroxyl groups is 1. The number of nitrogens with zero attached hydrogens (tertiary/aromatic N) is 1. The minimum Gasteiger partial charge on any atom is -0.507 e. The molecule has 1 fully saturated rings. The SMILES string of the molecule is CCCCOc1ccc([C@H]2C(=C(O)c3ccc(OCCC)cc3)C(=O)C(=O)N2Cc2ccco2)cc1OC. The molecule has 0 aliphatic carbocycles. The highest BCUT2D eigenvalue weighted by atomic mass is 16.5. The molecule has 1 saturated heterocycles. The van der Waals surface area contributed by atoms with Gasteiger partial charge in [0.05, 0.1) is 44.7 Å². The molecule has 1 N–H and O–H groups in total. The lowest BCUT2D eigenvalue weighted by atomic mass is 9.95. The van der Waals surface area contributed by atoms with Gasteiger partial charge in [0.25, 0.3) is 11.7 Å². The van der Waals surface area contributed by atoms with Gasteiger partial charge in [-0.2, -0.15) is 0 Å². The van der Waals surface area contributed by atoms with E-state index in [-0.39, 0.29) is 17.9 Å². The van der Waals surface area contributed by atoms with Gasteiger partial charge in [0.2, 0.25) is 0 Å². The van der Waals surface area contributed by atoms with Crippen LogP contribution in [0.5, 0.6) is 17.2 Å². The Bertz CT molecular complexity index is 1280. The molecule has 38 heavy (non-hydrogen) atoms. The molecular formula is C30H33NO7. The van der Waals surface area contributed by atoms with E-state index >= 15 is 0 Å². The Labute approximate surface area is 222 Å². The van der Waals surface area contributed by atoms with Crippen molar-refractivity contribution in [2.75, 3.05) is 20.3 Å². The van der Waals surface area contributed by atoms with Gasteiger partial charge >= 0.3 is 0 Å². The van der Waals surface area contributed by atoms with E-state index in [1.54, 1.807) is 54.6 Å². The lowest BCUT2D eigenvalue weighted by Crippen LogP contribution is -2.29. The molecule has 3 aromatic rings. The van der Waals surface area contributed by atoms with Crippen LogP contribution in [-0.4, -0.2) is 42.0 Å². The number of methoxy groups -OCH3 is 1. The predicted molar refractivity (Wildman–Crippen MR) is 142 cm³/mol. The second kappa shape index (κ2) is 12.4. The van der Waals surface area contributed by atoms with Crippen LogP contribution in [0.15, 0.2) is 70.9 Å². The summed E-state index contributed by atoms with van der Waals surface area (Å²) in [6.07, 6.45) is 4.27. The third-order valence-electron chi connectivity index (χ3n) is 6.31. The van der Waals surface area contributed by atoms with Crippen molar-refractivity contribution >= 4 is 17.4 Å². The first-order chi connectivity index (χ1) is 18.5. The zero-order valence-electron chi connectivity index (χ0n) is 21.9. The summed E-state index contributed by atoms with van der Waals surface area (Å²) < 4.78 is 22.5. The molecule has 1 amide bonds. The lowest BCUT2D eigenvalue weighted by Gasteiger charge is -2.25. The van der Waals surface area contributed by atoms with Gasteiger partial charge in [0.15, 0.2) is 11.5 Å². The molecule has 0 spiro atoms. The first kappa shape index (κ1) is 26.9. The molecule has 1 atom stereocenters. The highest BCUT2D eigenvalue weighted by Crippen LogP contribution is 2.43. The molecule has 0 unspecified atom stereocenters. The number of benzene rings is 2. The number of rotatable bonds is 12. The number of ketones is 1. The smallest absolute Gasteiger partial charge is 0.296 e. The minimum atomic E-state index is -0.866. The van der Waals surface area contributed by atoms with Crippen LogP contribution < -0.4 is 14.2 Å². The maximum atomic E-state index is 13.3. The number of unbranched alkanes of at least 4 members (excludes halogenated alkanes) is 1. The molecule has 8 nitrogen and oxygen atoms in total. The van der Waals surface area contributed by atoms with Crippen molar-refractivity contribution < 1.29 is 33.3 Å². The van der Waals surface area contributed by atoms with E-state index in [1.165, 1.54) is 18.3 Å². The highest BCUT2D eigenvalue weighted by molar-refractivity contribution is 6.46. The third kappa shape index (κ3) is 5.69. The predicted octanol–water partition coefficient (Wildman–Crippen LogP) is 5.88. The van der Waals surface area contributed by atoms with E-state index in [4.69, 9.17) is 18.6 Å². The number of hydrogen-bond donors (Lipinski definition) is 1. The summed E-state index contributed by atoms with van der Waals surface area (Å²) >= 11 is 0. The van der Waals surface area contributed by atoms with E-state index < -0.39 is 17.7 Å². The van der Waals surface area contributed by atoms with E-state index in [2.05, 4.69) is 6.92 Å². The number of carbonyl (C=O) groups excluding carboxylic acids is 2. The summed E-state index contributed by atoms with van der Waals surface area (Å²) in [4.78, 5) is 28.0. The molecule has 8 heteroatoms. The maximum absolute atomic E-state index is 13.3. The lowest BCUT2D eigenvalue weighted by molar-refractivity contribution is -0.140. The minimum absolute atomic E-state index is 0.00881. The topological polar surface area (TPSA) is 98.4 Å². The van der Waals surface area contributed by atoms with Crippen LogP contribution in [0.25, 0.3) is 5.76 Å². The number of likely N-dealkylation sites (tertiary alicyclic amines) is 1. The van der Waals surface area contributed by atoms with Crippen LogP contribution in [0.4, 0.5) is 0 Å². The number of furan rings is 1. The monoisotopic (exact) mass is 519 g/mol. The van der Waals surface area contributed by atoms with Gasteiger partial charge in [-0.3, -0.25) is 9.59 Å². The zero-order valence-corrected chi connectivity index (χ0v) is 21.9. The Morgan fingerprint density at radius 2 is 1.76 bits per heavy atom. The fourth-order valence-electron chi connectivity index (χ4n) is 4.34. The fourth-order valence-corrected chi connectivity index (χ4v) is 4.34. The van der Waals surface area contributed by atoms with Gasteiger partial charge in [-0.25, -0.2) is 0 Å². The summed E-state index contributed by atoms with van der Waals surface area (Å²) in [5.74, 6) is 0.447. The summed E-state index contributed by atoms with van der Waals surface area (Å²) in [7, 11) is 1.54. The van der Waals surface area contributed by atoms with E-state index in [1.807, 2.05) is 6.92 Å². The van der Waals surface area contributed by atoms with Gasteiger partial charge < -0.3 is 28.6 Å². The van der Waals surface area contributed by atoms with Crippen LogP contribution in [0.3, 0.4) is 0 Å². The Morgan fingerprint density at radius 3 is 2.42 bits per heavy atom. The van der Waals surface area contributed by atoms with Crippen LogP contribution in [-0.2, 0) is 16.1 Å². The van der Waals surface area contributed by atoms with E-state index in [0.29, 0.717) is 47.3 Å². The zero-order chi connectivity index (χ0) is 27.1. The van der Waals surface area contributed by atoms with Crippen LogP contribution in [0.1, 0.15) is 56.0 Å². The van der Waals surface area contributed by atoms with Crippen LogP contribution >= 0.6 is 0 Å². The van der Waals surface area contributed by atoms with Crippen molar-refractivity contribution in [3.63, 3.8) is 0 Å². The Hall–Kier alpha value is -4.20. The first-order valence-corrected chi connectivity index (χ1v) is 12.8. The van der Waals surface area contributed by atoms with Gasteiger partial charge in [0, 0.05) is 5.56 Å². The summed E-state index contributed by atoms with van der Waals surface area (Å²) in [6.45, 7) is 5.27. The van der Waals surface area contributed by atoms with Crippen LogP contribution in [0.2, 0.25) is 0 Å². The molecular weight excluding hydrogens is 486 g/mol. The third-order valence-corrected chi connectivity index (χ3v) is 6.31. The second-order valence-electron chi connectivity index (χ2n) is 8.99. The number of Topliss-reactive ketones (excluding diaryl/α,β-unsaturated/α-hetero) is 1. The number of amides is 1. The Kier molecular flexibility index (Phi) is 8.73. The summed E-state index contributed by atoms with van der Waals surface area (Å²) in [6, 6.07) is 14.7. The fraction of sp³-hybridized carbons (Fsp3) is 0.333. The quantitative estimate of drug-likeness (QED) is 0.138. The summed E-state index contributed by atoms with van der Waals surface area (Å²) in [5.41, 5.74) is 0.992. The Morgan fingerprint density at radius 1 is 0.974 bits per heavy atom. The van der Waals surface area contributed by atoms with Gasteiger partial charge in [-0.15, -0.1) is 0 Å². The maximum Gasteiger partial charge on any atom is 0.296 e. The number of ether oxygens (including phenoxy) is 3. The molecule has 2 heterocycles. The largest absolute Gasteiger partial charge is 0.507 e. The number of carbonyl (C=O) groups is 2. The molecule has 2 aromatic carbocycles. The van der Waals surface area contributed by atoms with Crippen LogP contribution in [0, 0.1) is 0 Å². The van der Waals surface area contributed by atoms with E-state index in [9.17, 15) is 14.7 Å². The van der Waals surface area contributed by atoms with E-state index in [0.717, 1.165) is 19.3 Å². The highest BCUT2D eigenvalue weighted by Gasteiger charge is 2.46. The molecule has 1 aliphatic heterocycles. The van der Waals surface area contributed by atoms with Gasteiger partial charge in [-0.05, 0) is 66.9 Å². The molecule has 0 bridgehead atoms. The van der Waals surface area contributed by atoms with Crippen molar-refractivity contribution in [1.82, 2.24) is 4.90 Å². The average Bonchev–Trinajstić information content (AvgIpc) is 3.54. The first-order valence-electron chi connectivity index (χ1n) is 12.8. The van der Waals surface area contributed by atoms with Crippen molar-refractivity contribution in [2.24, 2.45) is 0 Å². The molecule has 0 saturated carbocycles. The van der Waals surface area contributed by atoms with Crippen molar-refractivity contribution in [3.8, 4) is 17.2 Å². The van der Waals surface area contributed by atoms with Crippen molar-refractivity contribution in [2.45, 2.75) is 45.7 Å². The Balaban J connectivity index is 1.77. The molecule has 1 aromatic heterocycles. The molecule has 4 rings (SSSR count). The normalized spacial score (nSPS) is 16.6. The number of aliphatic hydroxyl groups excluding tert-OH is 1.